The standard InChI is InChI=1S/C12H20O2/c1-5-7-8-9-10-12(4,6-2)14-11(3)13/h6-8H,2,5,9-10H2,1,3-4H3/b8-7+. The van der Waals surface area contributed by atoms with Crippen molar-refractivity contribution in [3.05, 3.63) is 24.8 Å². The molecular formula is C12H20O2. The van der Waals surface area contributed by atoms with Gasteiger partial charge in [-0.3, -0.25) is 4.79 Å². The summed E-state index contributed by atoms with van der Waals surface area (Å²) in [5.41, 5.74) is -0.524. The van der Waals surface area contributed by atoms with Crippen molar-refractivity contribution in [1.82, 2.24) is 0 Å². The van der Waals surface area contributed by atoms with Crippen LogP contribution < -0.4 is 0 Å². The van der Waals surface area contributed by atoms with Gasteiger partial charge in [0.25, 0.3) is 0 Å². The molecule has 0 aromatic heterocycles. The number of allylic oxidation sites excluding steroid dienone is 2. The lowest BCUT2D eigenvalue weighted by atomic mass is 10.00. The molecule has 0 spiro atoms. The highest BCUT2D eigenvalue weighted by Crippen LogP contribution is 2.19. The minimum atomic E-state index is -0.524. The minimum absolute atomic E-state index is 0.258. The van der Waals surface area contributed by atoms with Crippen molar-refractivity contribution >= 4 is 5.97 Å². The van der Waals surface area contributed by atoms with Gasteiger partial charge < -0.3 is 4.74 Å². The van der Waals surface area contributed by atoms with Crippen LogP contribution in [0, 0.1) is 0 Å². The second kappa shape index (κ2) is 6.41. The number of hydrogen-bond acceptors (Lipinski definition) is 2. The minimum Gasteiger partial charge on any atom is -0.455 e. The van der Waals surface area contributed by atoms with Crippen LogP contribution in [0.4, 0.5) is 0 Å². The highest BCUT2D eigenvalue weighted by atomic mass is 16.6. The van der Waals surface area contributed by atoms with Crippen molar-refractivity contribution in [1.29, 1.82) is 0 Å². The maximum Gasteiger partial charge on any atom is 0.303 e. The van der Waals surface area contributed by atoms with E-state index in [0.29, 0.717) is 0 Å². The number of carbonyl (C=O) groups is 1. The van der Waals surface area contributed by atoms with E-state index in [1.165, 1.54) is 6.92 Å². The van der Waals surface area contributed by atoms with Gasteiger partial charge in [0.2, 0.25) is 0 Å². The Labute approximate surface area is 86.6 Å². The van der Waals surface area contributed by atoms with E-state index in [4.69, 9.17) is 4.74 Å². The van der Waals surface area contributed by atoms with Crippen molar-refractivity contribution in [3.63, 3.8) is 0 Å². The summed E-state index contributed by atoms with van der Waals surface area (Å²) in [7, 11) is 0. The predicted molar refractivity (Wildman–Crippen MR) is 59.0 cm³/mol. The molecule has 0 amide bonds. The predicted octanol–water partition coefficient (Wildman–Crippen LogP) is 3.24. The molecule has 0 radical (unpaired) electrons. The number of ether oxygens (including phenoxy) is 1. The Morgan fingerprint density at radius 2 is 2.14 bits per heavy atom. The summed E-state index contributed by atoms with van der Waals surface area (Å²) in [5, 5.41) is 0. The molecule has 0 aromatic rings. The summed E-state index contributed by atoms with van der Waals surface area (Å²) in [6.07, 6.45) is 8.63. The van der Waals surface area contributed by atoms with Crippen LogP contribution in [0.3, 0.4) is 0 Å². The van der Waals surface area contributed by atoms with Crippen molar-refractivity contribution < 1.29 is 9.53 Å². The van der Waals surface area contributed by atoms with E-state index in [9.17, 15) is 4.79 Å². The van der Waals surface area contributed by atoms with Gasteiger partial charge in [-0.2, -0.15) is 0 Å². The topological polar surface area (TPSA) is 26.3 Å². The lowest BCUT2D eigenvalue weighted by molar-refractivity contribution is -0.151. The molecule has 0 saturated carbocycles. The summed E-state index contributed by atoms with van der Waals surface area (Å²) in [6, 6.07) is 0. The second-order valence-electron chi connectivity index (χ2n) is 3.53. The summed E-state index contributed by atoms with van der Waals surface area (Å²) in [6.45, 7) is 9.07. The highest BCUT2D eigenvalue weighted by molar-refractivity contribution is 5.66. The van der Waals surface area contributed by atoms with Crippen LogP contribution in [-0.4, -0.2) is 11.6 Å². The van der Waals surface area contributed by atoms with Crippen LogP contribution in [0.1, 0.15) is 40.0 Å². The van der Waals surface area contributed by atoms with Crippen LogP contribution in [0.2, 0.25) is 0 Å². The van der Waals surface area contributed by atoms with Gasteiger partial charge in [0.05, 0.1) is 0 Å². The molecule has 2 heteroatoms. The lowest BCUT2D eigenvalue weighted by Crippen LogP contribution is -2.27. The average molecular weight is 196 g/mol. The van der Waals surface area contributed by atoms with Crippen molar-refractivity contribution in [2.24, 2.45) is 0 Å². The first kappa shape index (κ1) is 12.9. The van der Waals surface area contributed by atoms with Gasteiger partial charge in [-0.05, 0) is 32.3 Å². The maximum absolute atomic E-state index is 10.8. The van der Waals surface area contributed by atoms with E-state index in [2.05, 4.69) is 25.7 Å². The fourth-order valence-corrected chi connectivity index (χ4v) is 1.18. The van der Waals surface area contributed by atoms with E-state index in [1.54, 1.807) is 6.08 Å². The number of carbonyl (C=O) groups excluding carboxylic acids is 1. The summed E-state index contributed by atoms with van der Waals surface area (Å²) < 4.78 is 5.18. The molecule has 0 saturated heterocycles. The Morgan fingerprint density at radius 1 is 1.50 bits per heavy atom. The molecule has 0 rings (SSSR count). The third-order valence-corrected chi connectivity index (χ3v) is 2.02. The normalized spacial score (nSPS) is 15.1. The van der Waals surface area contributed by atoms with Crippen LogP contribution in [0.15, 0.2) is 24.8 Å². The molecule has 0 aliphatic heterocycles. The molecule has 0 fully saturated rings. The van der Waals surface area contributed by atoms with E-state index in [1.807, 2.05) is 6.92 Å². The van der Waals surface area contributed by atoms with E-state index in [-0.39, 0.29) is 5.97 Å². The first-order valence-corrected chi connectivity index (χ1v) is 5.02. The highest BCUT2D eigenvalue weighted by Gasteiger charge is 2.22. The third-order valence-electron chi connectivity index (χ3n) is 2.02. The van der Waals surface area contributed by atoms with Crippen LogP contribution >= 0.6 is 0 Å². The Morgan fingerprint density at radius 3 is 2.57 bits per heavy atom. The van der Waals surface area contributed by atoms with Crippen LogP contribution in [0.25, 0.3) is 0 Å². The van der Waals surface area contributed by atoms with Crippen LogP contribution in [-0.2, 0) is 9.53 Å². The monoisotopic (exact) mass is 196 g/mol. The Balaban J connectivity index is 4.05. The molecule has 0 N–H and O–H groups in total. The molecular weight excluding hydrogens is 176 g/mol. The first-order valence-electron chi connectivity index (χ1n) is 5.02. The van der Waals surface area contributed by atoms with Gasteiger partial charge in [0.1, 0.15) is 5.60 Å². The third kappa shape index (κ3) is 5.57. The number of rotatable bonds is 6. The van der Waals surface area contributed by atoms with Gasteiger partial charge >= 0.3 is 5.97 Å². The number of hydrogen-bond donors (Lipinski definition) is 0. The van der Waals surface area contributed by atoms with Gasteiger partial charge in [0.15, 0.2) is 0 Å². The van der Waals surface area contributed by atoms with E-state index >= 15 is 0 Å². The molecule has 80 valence electrons. The fraction of sp³-hybridized carbons (Fsp3) is 0.583. The maximum atomic E-state index is 10.8. The Hall–Kier alpha value is -1.05. The summed E-state index contributed by atoms with van der Waals surface area (Å²) >= 11 is 0. The summed E-state index contributed by atoms with van der Waals surface area (Å²) in [4.78, 5) is 10.8. The first-order chi connectivity index (χ1) is 6.54. The van der Waals surface area contributed by atoms with Gasteiger partial charge in [-0.15, -0.1) is 0 Å². The quantitative estimate of drug-likeness (QED) is 0.481. The Bertz CT molecular complexity index is 218. The molecule has 0 aliphatic rings. The van der Waals surface area contributed by atoms with Crippen molar-refractivity contribution in [2.45, 2.75) is 45.6 Å². The summed E-state index contributed by atoms with van der Waals surface area (Å²) in [5.74, 6) is -0.258. The Kier molecular flexibility index (Phi) is 5.93. The molecule has 2 nitrogen and oxygen atoms in total. The van der Waals surface area contributed by atoms with Gasteiger partial charge in [-0.1, -0.05) is 25.7 Å². The van der Waals surface area contributed by atoms with Crippen LogP contribution in [0.5, 0.6) is 0 Å². The van der Waals surface area contributed by atoms with Crippen molar-refractivity contribution in [2.75, 3.05) is 0 Å². The van der Waals surface area contributed by atoms with Gasteiger partial charge in [-0.25, -0.2) is 0 Å². The van der Waals surface area contributed by atoms with E-state index < -0.39 is 5.60 Å². The smallest absolute Gasteiger partial charge is 0.303 e. The molecule has 0 heterocycles. The molecule has 0 bridgehead atoms. The fourth-order valence-electron chi connectivity index (χ4n) is 1.18. The average Bonchev–Trinajstić information content (AvgIpc) is 2.11. The molecule has 1 atom stereocenters. The molecule has 1 unspecified atom stereocenters. The molecule has 14 heavy (non-hydrogen) atoms. The SMILES string of the molecule is C=CC(C)(CC/C=C/CC)OC(C)=O. The molecule has 0 aliphatic carbocycles. The van der Waals surface area contributed by atoms with Crippen molar-refractivity contribution in [3.8, 4) is 0 Å². The van der Waals surface area contributed by atoms with Gasteiger partial charge in [0, 0.05) is 6.92 Å². The second-order valence-corrected chi connectivity index (χ2v) is 3.53. The largest absolute Gasteiger partial charge is 0.455 e. The zero-order valence-electron chi connectivity index (χ0n) is 9.38. The van der Waals surface area contributed by atoms with E-state index in [0.717, 1.165) is 19.3 Å². The zero-order valence-corrected chi connectivity index (χ0v) is 9.38. The molecule has 0 aromatic carbocycles. The lowest BCUT2D eigenvalue weighted by Gasteiger charge is -2.24. The zero-order chi connectivity index (χ0) is 11.0. The number of esters is 1.